The summed E-state index contributed by atoms with van der Waals surface area (Å²) in [6, 6.07) is 3.60. The molecule has 1 amide bonds. The molecule has 2 aliphatic rings. The van der Waals surface area contributed by atoms with E-state index in [1.165, 1.54) is 17.6 Å². The van der Waals surface area contributed by atoms with Gasteiger partial charge < -0.3 is 9.64 Å². The predicted octanol–water partition coefficient (Wildman–Crippen LogP) is 2.65. The number of rotatable bonds is 5. The van der Waals surface area contributed by atoms with E-state index in [0.29, 0.717) is 53.9 Å². The molecule has 0 radical (unpaired) electrons. The average molecular weight is 562 g/mol. The van der Waals surface area contributed by atoms with E-state index in [2.05, 4.69) is 48.5 Å². The molecular formula is C22H23IN6O4. The molecule has 0 bridgehead atoms. The second-order valence-corrected chi connectivity index (χ2v) is 8.84. The summed E-state index contributed by atoms with van der Waals surface area (Å²) in [6.07, 6.45) is 6.49. The van der Waals surface area contributed by atoms with Crippen molar-refractivity contribution in [3.63, 3.8) is 0 Å². The SMILES string of the molecule is CCOC(=O)c1ncnc(N2CCC(C(=O)N3OCC[C@H]3c3cncc(C#N)c3)CC2)c1I. The van der Waals surface area contributed by atoms with Gasteiger partial charge in [-0.2, -0.15) is 5.26 Å². The molecule has 4 rings (SSSR count). The van der Waals surface area contributed by atoms with Crippen molar-refractivity contribution in [2.75, 3.05) is 31.2 Å². The van der Waals surface area contributed by atoms with Crippen LogP contribution in [0.2, 0.25) is 0 Å². The highest BCUT2D eigenvalue weighted by molar-refractivity contribution is 14.1. The van der Waals surface area contributed by atoms with Gasteiger partial charge in [0.2, 0.25) is 5.91 Å². The van der Waals surface area contributed by atoms with Crippen molar-refractivity contribution in [2.24, 2.45) is 5.92 Å². The summed E-state index contributed by atoms with van der Waals surface area (Å²) in [7, 11) is 0. The number of aromatic nitrogens is 3. The Labute approximate surface area is 205 Å². The van der Waals surface area contributed by atoms with Crippen LogP contribution in [-0.4, -0.2) is 58.2 Å². The minimum Gasteiger partial charge on any atom is -0.461 e. The Hall–Kier alpha value is -2.85. The van der Waals surface area contributed by atoms with E-state index < -0.39 is 5.97 Å². The summed E-state index contributed by atoms with van der Waals surface area (Å²) in [4.78, 5) is 45.7. The van der Waals surface area contributed by atoms with Crippen LogP contribution in [0, 0.1) is 20.8 Å². The summed E-state index contributed by atoms with van der Waals surface area (Å²) in [5, 5.41) is 10.6. The van der Waals surface area contributed by atoms with Gasteiger partial charge in [0.05, 0.1) is 28.4 Å². The lowest BCUT2D eigenvalue weighted by Gasteiger charge is -2.35. The molecule has 172 valence electrons. The van der Waals surface area contributed by atoms with Crippen molar-refractivity contribution >= 4 is 40.3 Å². The fourth-order valence-electron chi connectivity index (χ4n) is 4.13. The molecule has 2 aromatic rings. The Bertz CT molecular complexity index is 1080. The summed E-state index contributed by atoms with van der Waals surface area (Å²) in [6.45, 7) is 3.71. The zero-order valence-corrected chi connectivity index (χ0v) is 20.3. The quantitative estimate of drug-likeness (QED) is 0.400. The topological polar surface area (TPSA) is 122 Å². The number of carbonyl (C=O) groups excluding carboxylic acids is 2. The molecule has 0 aliphatic carbocycles. The van der Waals surface area contributed by atoms with E-state index in [9.17, 15) is 9.59 Å². The van der Waals surface area contributed by atoms with Gasteiger partial charge in [0, 0.05) is 37.8 Å². The van der Waals surface area contributed by atoms with Crippen LogP contribution in [0.1, 0.15) is 53.8 Å². The van der Waals surface area contributed by atoms with Gasteiger partial charge in [-0.3, -0.25) is 14.6 Å². The Morgan fingerprint density at radius 2 is 2.06 bits per heavy atom. The van der Waals surface area contributed by atoms with Crippen LogP contribution in [0.3, 0.4) is 0 Å². The number of pyridine rings is 1. The van der Waals surface area contributed by atoms with Crippen LogP contribution in [-0.2, 0) is 14.4 Å². The summed E-state index contributed by atoms with van der Waals surface area (Å²) in [5.74, 6) is -0.0286. The van der Waals surface area contributed by atoms with Crippen molar-refractivity contribution in [1.29, 1.82) is 5.26 Å². The number of hydrogen-bond donors (Lipinski definition) is 0. The first-order valence-corrected chi connectivity index (χ1v) is 11.8. The molecule has 2 fully saturated rings. The molecule has 1 atom stereocenters. The number of hydroxylamine groups is 2. The minimum absolute atomic E-state index is 0.0518. The maximum atomic E-state index is 13.3. The second-order valence-electron chi connectivity index (χ2n) is 7.76. The summed E-state index contributed by atoms with van der Waals surface area (Å²) >= 11 is 2.07. The molecule has 0 spiro atoms. The number of anilines is 1. The number of halogens is 1. The number of carbonyl (C=O) groups is 2. The summed E-state index contributed by atoms with van der Waals surface area (Å²) in [5.41, 5.74) is 1.52. The van der Waals surface area contributed by atoms with Crippen molar-refractivity contribution < 1.29 is 19.2 Å². The first kappa shape index (κ1) is 23.3. The molecule has 0 saturated carbocycles. The number of hydrogen-bond acceptors (Lipinski definition) is 9. The van der Waals surface area contributed by atoms with Crippen LogP contribution < -0.4 is 4.90 Å². The van der Waals surface area contributed by atoms with Crippen LogP contribution >= 0.6 is 22.6 Å². The van der Waals surface area contributed by atoms with Gasteiger partial charge in [-0.05, 0) is 54.0 Å². The molecule has 4 heterocycles. The van der Waals surface area contributed by atoms with E-state index in [1.54, 1.807) is 19.2 Å². The third kappa shape index (κ3) is 4.91. The van der Waals surface area contributed by atoms with Gasteiger partial charge in [0.15, 0.2) is 5.69 Å². The fraction of sp³-hybridized carbons (Fsp3) is 0.455. The van der Waals surface area contributed by atoms with E-state index in [-0.39, 0.29) is 30.2 Å². The van der Waals surface area contributed by atoms with Crippen molar-refractivity contribution in [1.82, 2.24) is 20.0 Å². The van der Waals surface area contributed by atoms with E-state index in [1.807, 2.05) is 0 Å². The number of nitrogens with zero attached hydrogens (tertiary/aromatic N) is 6. The maximum absolute atomic E-state index is 13.3. The van der Waals surface area contributed by atoms with Crippen LogP contribution in [0.4, 0.5) is 5.82 Å². The third-order valence-corrected chi connectivity index (χ3v) is 6.77. The molecule has 2 saturated heterocycles. The number of ether oxygens (including phenoxy) is 1. The van der Waals surface area contributed by atoms with Gasteiger partial charge in [0.1, 0.15) is 18.2 Å². The first-order chi connectivity index (χ1) is 16.0. The number of nitriles is 1. The highest BCUT2D eigenvalue weighted by atomic mass is 127. The zero-order valence-electron chi connectivity index (χ0n) is 18.1. The molecule has 2 aromatic heterocycles. The molecule has 11 heteroatoms. The second kappa shape index (κ2) is 10.4. The molecule has 0 unspecified atom stereocenters. The molecule has 33 heavy (non-hydrogen) atoms. The number of amides is 1. The lowest BCUT2D eigenvalue weighted by molar-refractivity contribution is -0.182. The lowest BCUT2D eigenvalue weighted by Crippen LogP contribution is -2.42. The molecule has 0 aromatic carbocycles. The Morgan fingerprint density at radius 3 is 2.79 bits per heavy atom. The smallest absolute Gasteiger partial charge is 0.358 e. The minimum atomic E-state index is -0.470. The van der Waals surface area contributed by atoms with Crippen LogP contribution in [0.15, 0.2) is 24.8 Å². The van der Waals surface area contributed by atoms with Gasteiger partial charge in [-0.25, -0.2) is 19.8 Å². The molecule has 10 nitrogen and oxygen atoms in total. The van der Waals surface area contributed by atoms with E-state index in [4.69, 9.17) is 14.8 Å². The van der Waals surface area contributed by atoms with Gasteiger partial charge >= 0.3 is 5.97 Å². The zero-order chi connectivity index (χ0) is 23.4. The fourth-order valence-corrected chi connectivity index (χ4v) is 4.97. The average Bonchev–Trinajstić information content (AvgIpc) is 3.34. The largest absolute Gasteiger partial charge is 0.461 e. The molecule has 2 aliphatic heterocycles. The normalized spacial score (nSPS) is 18.8. The van der Waals surface area contributed by atoms with E-state index >= 15 is 0 Å². The van der Waals surface area contributed by atoms with E-state index in [0.717, 1.165) is 5.56 Å². The van der Waals surface area contributed by atoms with Crippen molar-refractivity contribution in [2.45, 2.75) is 32.2 Å². The lowest BCUT2D eigenvalue weighted by atomic mass is 9.94. The molecular weight excluding hydrogens is 539 g/mol. The standard InChI is InChI=1S/C22H23IN6O4/c1-2-32-22(31)19-18(23)20(27-13-26-19)28-6-3-15(4-7-28)21(30)29-17(5-8-33-29)16-9-14(10-24)11-25-12-16/h9,11-13,15,17H,2-8H2,1H3/t17-/m0/s1. The van der Waals surface area contributed by atoms with Crippen LogP contribution in [0.25, 0.3) is 0 Å². The Balaban J connectivity index is 1.43. The Kier molecular flexibility index (Phi) is 7.34. The van der Waals surface area contributed by atoms with Gasteiger partial charge in [0.25, 0.3) is 0 Å². The summed E-state index contributed by atoms with van der Waals surface area (Å²) < 4.78 is 5.72. The van der Waals surface area contributed by atoms with Crippen molar-refractivity contribution in [3.8, 4) is 6.07 Å². The van der Waals surface area contributed by atoms with Crippen molar-refractivity contribution in [3.05, 3.63) is 45.2 Å². The first-order valence-electron chi connectivity index (χ1n) is 10.8. The number of esters is 1. The third-order valence-electron chi connectivity index (χ3n) is 5.78. The van der Waals surface area contributed by atoms with Gasteiger partial charge in [-0.1, -0.05) is 0 Å². The van der Waals surface area contributed by atoms with Gasteiger partial charge in [-0.15, -0.1) is 0 Å². The molecule has 0 N–H and O–H groups in total. The maximum Gasteiger partial charge on any atom is 0.358 e. The Morgan fingerprint density at radius 1 is 1.27 bits per heavy atom. The highest BCUT2D eigenvalue weighted by Crippen LogP contribution is 2.34. The highest BCUT2D eigenvalue weighted by Gasteiger charge is 2.37. The predicted molar refractivity (Wildman–Crippen MR) is 125 cm³/mol. The monoisotopic (exact) mass is 562 g/mol. The number of piperidine rings is 1. The van der Waals surface area contributed by atoms with Crippen LogP contribution in [0.5, 0.6) is 0 Å².